The molecule has 0 aromatic heterocycles. The Morgan fingerprint density at radius 3 is 2.48 bits per heavy atom. The molecule has 25 heavy (non-hydrogen) atoms. The normalized spacial score (nSPS) is 23.6. The molecule has 1 unspecified atom stereocenters. The van der Waals surface area contributed by atoms with Gasteiger partial charge in [0, 0.05) is 44.3 Å². The van der Waals surface area contributed by atoms with E-state index in [0.29, 0.717) is 25.2 Å². The van der Waals surface area contributed by atoms with Gasteiger partial charge in [-0.3, -0.25) is 4.79 Å². The summed E-state index contributed by atoms with van der Waals surface area (Å²) in [7, 11) is -1.52. The Morgan fingerprint density at radius 1 is 1.08 bits per heavy atom. The Bertz CT molecular complexity index is 727. The molecular formula is C18H27N3O3S. The lowest BCUT2D eigenvalue weighted by Gasteiger charge is -2.33. The molecule has 0 aliphatic carbocycles. The van der Waals surface area contributed by atoms with Crippen molar-refractivity contribution in [2.24, 2.45) is 0 Å². The first kappa shape index (κ1) is 18.4. The van der Waals surface area contributed by atoms with Gasteiger partial charge in [-0.25, -0.2) is 8.42 Å². The van der Waals surface area contributed by atoms with Crippen LogP contribution in [0.2, 0.25) is 0 Å². The number of amides is 1. The third kappa shape index (κ3) is 3.88. The fourth-order valence-corrected chi connectivity index (χ4v) is 5.29. The molecule has 2 aliphatic heterocycles. The highest BCUT2D eigenvalue weighted by Gasteiger charge is 2.31. The van der Waals surface area contributed by atoms with Gasteiger partial charge < -0.3 is 9.80 Å². The summed E-state index contributed by atoms with van der Waals surface area (Å²) < 4.78 is 27.6. The predicted octanol–water partition coefficient (Wildman–Crippen LogP) is 1.64. The first-order chi connectivity index (χ1) is 11.9. The molecule has 138 valence electrons. The molecule has 0 N–H and O–H groups in total. The van der Waals surface area contributed by atoms with Crippen molar-refractivity contribution in [2.45, 2.75) is 37.1 Å². The van der Waals surface area contributed by atoms with Crippen LogP contribution >= 0.6 is 0 Å². The van der Waals surface area contributed by atoms with Crippen molar-refractivity contribution >= 4 is 15.9 Å². The number of hydrogen-bond donors (Lipinski definition) is 0. The summed E-state index contributed by atoms with van der Waals surface area (Å²) in [6, 6.07) is 6.52. The number of rotatable bonds is 3. The maximum atomic E-state index is 13.0. The lowest BCUT2D eigenvalue weighted by molar-refractivity contribution is 0.0664. The van der Waals surface area contributed by atoms with Gasteiger partial charge in [-0.15, -0.1) is 0 Å². The van der Waals surface area contributed by atoms with E-state index in [1.807, 2.05) is 14.0 Å². The molecule has 1 atom stereocenters. The minimum atomic E-state index is -3.55. The van der Waals surface area contributed by atoms with Crippen LogP contribution in [0.3, 0.4) is 0 Å². The van der Waals surface area contributed by atoms with Crippen LogP contribution in [0.1, 0.15) is 36.5 Å². The standard InChI is InChI=1S/C18H27N3O3S/c1-15-6-3-4-9-21(15)25(23,24)17-8-5-7-16(14-17)18(22)20-12-10-19(2)11-13-20/h5,7-8,14-15H,3-4,6,9-13H2,1-2H3. The molecule has 0 bridgehead atoms. The van der Waals surface area contributed by atoms with Gasteiger partial charge in [0.2, 0.25) is 10.0 Å². The largest absolute Gasteiger partial charge is 0.336 e. The van der Waals surface area contributed by atoms with Gasteiger partial charge in [-0.2, -0.15) is 4.31 Å². The van der Waals surface area contributed by atoms with E-state index in [4.69, 9.17) is 0 Å². The lowest BCUT2D eigenvalue weighted by Crippen LogP contribution is -2.47. The van der Waals surface area contributed by atoms with Crippen molar-refractivity contribution in [3.05, 3.63) is 29.8 Å². The first-order valence-corrected chi connectivity index (χ1v) is 10.4. The van der Waals surface area contributed by atoms with Crippen LogP contribution in [-0.2, 0) is 10.0 Å². The number of benzene rings is 1. The summed E-state index contributed by atoms with van der Waals surface area (Å²) in [5.41, 5.74) is 0.454. The van der Waals surface area contributed by atoms with Crippen LogP contribution in [0.25, 0.3) is 0 Å². The van der Waals surface area contributed by atoms with Crippen LogP contribution in [0, 0.1) is 0 Å². The van der Waals surface area contributed by atoms with E-state index in [-0.39, 0.29) is 16.8 Å². The Morgan fingerprint density at radius 2 is 1.80 bits per heavy atom. The average molecular weight is 365 g/mol. The van der Waals surface area contributed by atoms with Crippen LogP contribution in [0.5, 0.6) is 0 Å². The van der Waals surface area contributed by atoms with E-state index in [1.165, 1.54) is 6.07 Å². The van der Waals surface area contributed by atoms with Gasteiger partial charge in [0.15, 0.2) is 0 Å². The molecule has 7 heteroatoms. The molecule has 0 saturated carbocycles. The monoisotopic (exact) mass is 365 g/mol. The summed E-state index contributed by atoms with van der Waals surface area (Å²) >= 11 is 0. The molecule has 1 aromatic carbocycles. The van der Waals surface area contributed by atoms with Gasteiger partial charge >= 0.3 is 0 Å². The van der Waals surface area contributed by atoms with E-state index in [2.05, 4.69) is 4.90 Å². The molecule has 2 aliphatic rings. The fraction of sp³-hybridized carbons (Fsp3) is 0.611. The van der Waals surface area contributed by atoms with Gasteiger partial charge in [0.05, 0.1) is 4.90 Å². The zero-order valence-corrected chi connectivity index (χ0v) is 15.8. The highest BCUT2D eigenvalue weighted by Crippen LogP contribution is 2.25. The van der Waals surface area contributed by atoms with Crippen molar-refractivity contribution in [2.75, 3.05) is 39.8 Å². The molecule has 1 aromatic rings. The minimum absolute atomic E-state index is 0.00994. The van der Waals surface area contributed by atoms with Crippen molar-refractivity contribution in [1.82, 2.24) is 14.1 Å². The molecule has 6 nitrogen and oxygen atoms in total. The van der Waals surface area contributed by atoms with E-state index in [0.717, 1.165) is 32.4 Å². The number of carbonyl (C=O) groups excluding carboxylic acids is 1. The Kier molecular flexibility index (Phi) is 5.46. The van der Waals surface area contributed by atoms with E-state index in [9.17, 15) is 13.2 Å². The first-order valence-electron chi connectivity index (χ1n) is 8.99. The molecule has 1 amide bonds. The summed E-state index contributed by atoms with van der Waals surface area (Å²) in [5.74, 6) is -0.0863. The number of likely N-dealkylation sites (N-methyl/N-ethyl adjacent to an activating group) is 1. The fourth-order valence-electron chi connectivity index (χ4n) is 3.55. The molecule has 2 fully saturated rings. The van der Waals surface area contributed by atoms with Crippen molar-refractivity contribution in [1.29, 1.82) is 0 Å². The second kappa shape index (κ2) is 7.43. The molecular weight excluding hydrogens is 338 g/mol. The highest BCUT2D eigenvalue weighted by atomic mass is 32.2. The Labute approximate surface area is 150 Å². The lowest BCUT2D eigenvalue weighted by atomic mass is 10.1. The molecule has 0 radical (unpaired) electrons. The number of piperazine rings is 1. The smallest absolute Gasteiger partial charge is 0.253 e. The zero-order chi connectivity index (χ0) is 18.0. The molecule has 2 saturated heterocycles. The Hall–Kier alpha value is -1.44. The number of hydrogen-bond acceptors (Lipinski definition) is 4. The van der Waals surface area contributed by atoms with Crippen LogP contribution in [0.15, 0.2) is 29.2 Å². The number of piperidine rings is 1. The number of nitrogens with zero attached hydrogens (tertiary/aromatic N) is 3. The predicted molar refractivity (Wildman–Crippen MR) is 97.0 cm³/mol. The third-order valence-electron chi connectivity index (χ3n) is 5.22. The van der Waals surface area contributed by atoms with Gasteiger partial charge in [-0.1, -0.05) is 12.5 Å². The van der Waals surface area contributed by atoms with Crippen molar-refractivity contribution < 1.29 is 13.2 Å². The van der Waals surface area contributed by atoms with E-state index < -0.39 is 10.0 Å². The number of sulfonamides is 1. The van der Waals surface area contributed by atoms with E-state index >= 15 is 0 Å². The maximum absolute atomic E-state index is 13.0. The molecule has 0 spiro atoms. The quantitative estimate of drug-likeness (QED) is 0.817. The van der Waals surface area contributed by atoms with Gasteiger partial charge in [-0.05, 0) is 45.0 Å². The molecule has 3 rings (SSSR count). The maximum Gasteiger partial charge on any atom is 0.253 e. The van der Waals surface area contributed by atoms with Crippen molar-refractivity contribution in [3.8, 4) is 0 Å². The molecule has 2 heterocycles. The summed E-state index contributed by atoms with van der Waals surface area (Å²) in [5, 5.41) is 0. The summed E-state index contributed by atoms with van der Waals surface area (Å²) in [6.45, 7) is 5.55. The second-order valence-corrected chi connectivity index (χ2v) is 8.97. The minimum Gasteiger partial charge on any atom is -0.336 e. The van der Waals surface area contributed by atoms with Gasteiger partial charge in [0.25, 0.3) is 5.91 Å². The summed E-state index contributed by atoms with van der Waals surface area (Å²) in [6.07, 6.45) is 2.84. The van der Waals surface area contributed by atoms with Crippen LogP contribution in [-0.4, -0.2) is 74.2 Å². The zero-order valence-electron chi connectivity index (χ0n) is 15.0. The van der Waals surface area contributed by atoms with Gasteiger partial charge in [0.1, 0.15) is 0 Å². The van der Waals surface area contributed by atoms with Crippen LogP contribution in [0.4, 0.5) is 0 Å². The highest BCUT2D eigenvalue weighted by molar-refractivity contribution is 7.89. The SMILES string of the molecule is CC1CCCCN1S(=O)(=O)c1cccc(C(=O)N2CCN(C)CC2)c1. The van der Waals surface area contributed by atoms with Crippen molar-refractivity contribution in [3.63, 3.8) is 0 Å². The third-order valence-corrected chi connectivity index (χ3v) is 7.23. The van der Waals surface area contributed by atoms with Crippen LogP contribution < -0.4 is 0 Å². The average Bonchev–Trinajstić information content (AvgIpc) is 2.62. The number of carbonyl (C=O) groups is 1. The second-order valence-electron chi connectivity index (χ2n) is 7.08. The Balaban J connectivity index is 1.82. The topological polar surface area (TPSA) is 60.9 Å². The summed E-state index contributed by atoms with van der Waals surface area (Å²) in [4.78, 5) is 16.9. The van der Waals surface area contributed by atoms with E-state index in [1.54, 1.807) is 27.4 Å².